The van der Waals surface area contributed by atoms with Crippen molar-refractivity contribution in [2.75, 3.05) is 0 Å². The Morgan fingerprint density at radius 1 is 0.900 bits per heavy atom. The SMILES string of the molecule is CCC(C)C(O)(c1ccc(F)cc1)c1ccc(F)cc1. The number of halogens is 2. The zero-order chi connectivity index (χ0) is 14.8. The van der Waals surface area contributed by atoms with E-state index in [0.29, 0.717) is 11.1 Å². The van der Waals surface area contributed by atoms with Gasteiger partial charge in [-0.25, -0.2) is 8.78 Å². The standard InChI is InChI=1S/C17H18F2O/c1-3-12(2)17(20,13-4-8-15(18)9-5-13)14-6-10-16(19)11-7-14/h4-12,20H,3H2,1-2H3. The van der Waals surface area contributed by atoms with Crippen LogP contribution in [-0.2, 0) is 5.60 Å². The van der Waals surface area contributed by atoms with Crippen LogP contribution in [0.3, 0.4) is 0 Å². The number of aliphatic hydroxyl groups is 1. The fourth-order valence-corrected chi connectivity index (χ4v) is 2.44. The van der Waals surface area contributed by atoms with Crippen LogP contribution in [0.4, 0.5) is 8.78 Å². The fourth-order valence-electron chi connectivity index (χ4n) is 2.44. The zero-order valence-corrected chi connectivity index (χ0v) is 11.6. The Kier molecular flexibility index (Phi) is 4.19. The number of hydrogen-bond acceptors (Lipinski definition) is 1. The monoisotopic (exact) mass is 276 g/mol. The molecule has 20 heavy (non-hydrogen) atoms. The van der Waals surface area contributed by atoms with Crippen molar-refractivity contribution in [3.63, 3.8) is 0 Å². The van der Waals surface area contributed by atoms with Crippen molar-refractivity contribution in [1.82, 2.24) is 0 Å². The van der Waals surface area contributed by atoms with E-state index in [0.717, 1.165) is 6.42 Å². The molecule has 0 heterocycles. The van der Waals surface area contributed by atoms with Crippen LogP contribution in [0.5, 0.6) is 0 Å². The Balaban J connectivity index is 2.55. The van der Waals surface area contributed by atoms with Crippen LogP contribution >= 0.6 is 0 Å². The van der Waals surface area contributed by atoms with Crippen LogP contribution < -0.4 is 0 Å². The van der Waals surface area contributed by atoms with Crippen molar-refractivity contribution in [2.45, 2.75) is 25.9 Å². The Hall–Kier alpha value is -1.74. The van der Waals surface area contributed by atoms with E-state index >= 15 is 0 Å². The zero-order valence-electron chi connectivity index (χ0n) is 11.6. The van der Waals surface area contributed by atoms with Crippen molar-refractivity contribution in [3.8, 4) is 0 Å². The molecule has 2 rings (SSSR count). The molecule has 0 saturated heterocycles. The van der Waals surface area contributed by atoms with Gasteiger partial charge in [0.2, 0.25) is 0 Å². The molecule has 0 radical (unpaired) electrons. The maximum absolute atomic E-state index is 13.1. The first-order valence-electron chi connectivity index (χ1n) is 6.73. The van der Waals surface area contributed by atoms with Crippen molar-refractivity contribution in [3.05, 3.63) is 71.3 Å². The van der Waals surface area contributed by atoms with E-state index in [1.807, 2.05) is 13.8 Å². The predicted octanol–water partition coefficient (Wildman–Crippen LogP) is 4.25. The Bertz CT molecular complexity index is 515. The first-order chi connectivity index (χ1) is 9.48. The van der Waals surface area contributed by atoms with Gasteiger partial charge in [-0.15, -0.1) is 0 Å². The van der Waals surface area contributed by atoms with E-state index in [-0.39, 0.29) is 17.6 Å². The quantitative estimate of drug-likeness (QED) is 0.885. The fraction of sp³-hybridized carbons (Fsp3) is 0.294. The normalized spacial score (nSPS) is 13.2. The maximum atomic E-state index is 13.1. The molecular formula is C17H18F2O. The van der Waals surface area contributed by atoms with Crippen molar-refractivity contribution >= 4 is 0 Å². The van der Waals surface area contributed by atoms with Gasteiger partial charge in [-0.05, 0) is 41.3 Å². The second kappa shape index (κ2) is 5.71. The highest BCUT2D eigenvalue weighted by molar-refractivity contribution is 5.37. The molecule has 2 aromatic carbocycles. The molecule has 0 amide bonds. The van der Waals surface area contributed by atoms with Gasteiger partial charge in [0.25, 0.3) is 0 Å². The van der Waals surface area contributed by atoms with E-state index in [1.165, 1.54) is 24.3 Å². The molecule has 1 unspecified atom stereocenters. The average molecular weight is 276 g/mol. The largest absolute Gasteiger partial charge is 0.380 e. The lowest BCUT2D eigenvalue weighted by Gasteiger charge is -2.35. The predicted molar refractivity (Wildman–Crippen MR) is 75.3 cm³/mol. The van der Waals surface area contributed by atoms with Crippen molar-refractivity contribution in [2.24, 2.45) is 5.92 Å². The van der Waals surface area contributed by atoms with Gasteiger partial charge in [-0.1, -0.05) is 44.5 Å². The lowest BCUT2D eigenvalue weighted by Crippen LogP contribution is -2.34. The molecule has 0 aromatic heterocycles. The van der Waals surface area contributed by atoms with E-state index < -0.39 is 5.60 Å². The van der Waals surface area contributed by atoms with Crippen LogP contribution in [0, 0.1) is 17.6 Å². The minimum atomic E-state index is -1.25. The smallest absolute Gasteiger partial charge is 0.123 e. The highest BCUT2D eigenvalue weighted by Crippen LogP contribution is 2.38. The molecule has 2 aromatic rings. The molecule has 0 saturated carbocycles. The third-order valence-electron chi connectivity index (χ3n) is 3.89. The van der Waals surface area contributed by atoms with Gasteiger partial charge in [0.1, 0.15) is 17.2 Å². The number of rotatable bonds is 4. The second-order valence-corrected chi connectivity index (χ2v) is 5.09. The summed E-state index contributed by atoms with van der Waals surface area (Å²) in [6, 6.07) is 11.6. The molecule has 106 valence electrons. The lowest BCUT2D eigenvalue weighted by atomic mass is 9.76. The molecule has 0 spiro atoms. The summed E-state index contributed by atoms with van der Waals surface area (Å²) in [5.74, 6) is -0.780. The molecule has 0 aliphatic heterocycles. The summed E-state index contributed by atoms with van der Waals surface area (Å²) in [6.07, 6.45) is 0.741. The highest BCUT2D eigenvalue weighted by Gasteiger charge is 2.36. The molecule has 0 aliphatic rings. The maximum Gasteiger partial charge on any atom is 0.123 e. The van der Waals surface area contributed by atoms with Crippen LogP contribution in [0.25, 0.3) is 0 Å². The topological polar surface area (TPSA) is 20.2 Å². The van der Waals surface area contributed by atoms with Gasteiger partial charge in [-0.3, -0.25) is 0 Å². The third-order valence-corrected chi connectivity index (χ3v) is 3.89. The van der Waals surface area contributed by atoms with Gasteiger partial charge in [-0.2, -0.15) is 0 Å². The summed E-state index contributed by atoms with van der Waals surface area (Å²) in [7, 11) is 0. The van der Waals surface area contributed by atoms with Gasteiger partial charge in [0.05, 0.1) is 0 Å². The molecule has 1 atom stereocenters. The van der Waals surface area contributed by atoms with Gasteiger partial charge in [0.15, 0.2) is 0 Å². The van der Waals surface area contributed by atoms with Crippen LogP contribution in [-0.4, -0.2) is 5.11 Å². The summed E-state index contributed by atoms with van der Waals surface area (Å²) in [4.78, 5) is 0. The molecule has 0 aliphatic carbocycles. The van der Waals surface area contributed by atoms with Crippen LogP contribution in [0.2, 0.25) is 0 Å². The third kappa shape index (κ3) is 2.59. The Labute approximate surface area is 117 Å². The van der Waals surface area contributed by atoms with E-state index in [1.54, 1.807) is 24.3 Å². The van der Waals surface area contributed by atoms with Crippen LogP contribution in [0.1, 0.15) is 31.4 Å². The summed E-state index contributed by atoms with van der Waals surface area (Å²) < 4.78 is 26.2. The van der Waals surface area contributed by atoms with E-state index in [2.05, 4.69) is 0 Å². The number of benzene rings is 2. The Morgan fingerprint density at radius 2 is 1.25 bits per heavy atom. The van der Waals surface area contributed by atoms with Gasteiger partial charge in [0, 0.05) is 0 Å². The molecule has 3 heteroatoms. The number of hydrogen-bond donors (Lipinski definition) is 1. The van der Waals surface area contributed by atoms with Gasteiger partial charge < -0.3 is 5.11 Å². The highest BCUT2D eigenvalue weighted by atomic mass is 19.1. The molecular weight excluding hydrogens is 258 g/mol. The molecule has 0 fully saturated rings. The molecule has 0 bridgehead atoms. The van der Waals surface area contributed by atoms with Gasteiger partial charge >= 0.3 is 0 Å². The van der Waals surface area contributed by atoms with Crippen molar-refractivity contribution < 1.29 is 13.9 Å². The lowest BCUT2D eigenvalue weighted by molar-refractivity contribution is 0.0222. The Morgan fingerprint density at radius 3 is 1.55 bits per heavy atom. The first kappa shape index (κ1) is 14.7. The van der Waals surface area contributed by atoms with E-state index in [9.17, 15) is 13.9 Å². The summed E-state index contributed by atoms with van der Waals surface area (Å²) in [5.41, 5.74) is -0.0319. The second-order valence-electron chi connectivity index (χ2n) is 5.09. The minimum absolute atomic E-state index is 0.0848. The minimum Gasteiger partial charge on any atom is -0.380 e. The van der Waals surface area contributed by atoms with Crippen LogP contribution in [0.15, 0.2) is 48.5 Å². The average Bonchev–Trinajstić information content (AvgIpc) is 2.47. The molecule has 1 nitrogen and oxygen atoms in total. The van der Waals surface area contributed by atoms with E-state index in [4.69, 9.17) is 0 Å². The van der Waals surface area contributed by atoms with Crippen molar-refractivity contribution in [1.29, 1.82) is 0 Å². The summed E-state index contributed by atoms with van der Waals surface area (Å²) in [6.45, 7) is 3.90. The summed E-state index contributed by atoms with van der Waals surface area (Å²) in [5, 5.41) is 11.2. The summed E-state index contributed by atoms with van der Waals surface area (Å²) >= 11 is 0. The molecule has 1 N–H and O–H groups in total. The first-order valence-corrected chi connectivity index (χ1v) is 6.73.